The van der Waals surface area contributed by atoms with Crippen LogP contribution in [-0.2, 0) is 4.79 Å². The molecule has 0 aliphatic carbocycles. The Labute approximate surface area is 151 Å². The molecule has 1 aliphatic heterocycles. The predicted molar refractivity (Wildman–Crippen MR) is 99.5 cm³/mol. The van der Waals surface area contributed by atoms with Crippen LogP contribution in [0.15, 0.2) is 12.1 Å². The molecular formula is C17H24N6O3. The first-order chi connectivity index (χ1) is 12.6. The van der Waals surface area contributed by atoms with E-state index in [1.54, 1.807) is 26.4 Å². The van der Waals surface area contributed by atoms with Crippen LogP contribution in [0.5, 0.6) is 11.5 Å². The Bertz CT molecular complexity index is 805. The number of carbonyl (C=O) groups is 1. The lowest BCUT2D eigenvalue weighted by Crippen LogP contribution is -2.49. The molecule has 1 aliphatic rings. The molecule has 140 valence electrons. The number of hydrogen-bond donors (Lipinski definition) is 2. The van der Waals surface area contributed by atoms with Crippen molar-refractivity contribution in [2.24, 2.45) is 5.73 Å². The van der Waals surface area contributed by atoms with E-state index in [4.69, 9.17) is 20.9 Å². The summed E-state index contributed by atoms with van der Waals surface area (Å²) in [5, 5.41) is 0.711. The van der Waals surface area contributed by atoms with Gasteiger partial charge in [0.15, 0.2) is 11.5 Å². The zero-order valence-corrected chi connectivity index (χ0v) is 15.1. The third-order valence-electron chi connectivity index (χ3n) is 4.49. The number of hydrogen-bond acceptors (Lipinski definition) is 8. The molecule has 0 saturated carbocycles. The van der Waals surface area contributed by atoms with Crippen LogP contribution in [0.4, 0.5) is 11.8 Å². The van der Waals surface area contributed by atoms with Gasteiger partial charge in [0, 0.05) is 50.6 Å². The van der Waals surface area contributed by atoms with Gasteiger partial charge in [-0.1, -0.05) is 0 Å². The minimum atomic E-state index is 0.0860. The second kappa shape index (κ2) is 7.61. The highest BCUT2D eigenvalue weighted by Gasteiger charge is 2.23. The molecule has 0 bridgehead atoms. The number of carbonyl (C=O) groups excluding carboxylic acids is 1. The lowest BCUT2D eigenvalue weighted by atomic mass is 10.2. The molecule has 0 spiro atoms. The Morgan fingerprint density at radius 1 is 1.12 bits per heavy atom. The fourth-order valence-electron chi connectivity index (χ4n) is 3.05. The number of amides is 1. The smallest absolute Gasteiger partial charge is 0.228 e. The van der Waals surface area contributed by atoms with E-state index in [-0.39, 0.29) is 5.91 Å². The molecule has 1 aromatic heterocycles. The van der Waals surface area contributed by atoms with Crippen LogP contribution in [0.2, 0.25) is 0 Å². The van der Waals surface area contributed by atoms with Gasteiger partial charge < -0.3 is 30.7 Å². The minimum Gasteiger partial charge on any atom is -0.493 e. The number of fused-ring (bicyclic) bond motifs is 1. The zero-order chi connectivity index (χ0) is 18.7. The molecule has 1 fully saturated rings. The second-order valence-electron chi connectivity index (χ2n) is 6.04. The zero-order valence-electron chi connectivity index (χ0n) is 15.1. The van der Waals surface area contributed by atoms with Crippen molar-refractivity contribution in [1.82, 2.24) is 14.9 Å². The summed E-state index contributed by atoms with van der Waals surface area (Å²) in [5.41, 5.74) is 12.3. The summed E-state index contributed by atoms with van der Waals surface area (Å²) in [5.74, 6) is 2.18. The minimum absolute atomic E-state index is 0.0860. The molecule has 1 amide bonds. The van der Waals surface area contributed by atoms with Gasteiger partial charge in [-0.2, -0.15) is 4.98 Å². The molecule has 9 heteroatoms. The van der Waals surface area contributed by atoms with E-state index in [1.807, 2.05) is 9.80 Å². The van der Waals surface area contributed by atoms with Gasteiger partial charge >= 0.3 is 0 Å². The largest absolute Gasteiger partial charge is 0.493 e. The highest BCUT2D eigenvalue weighted by Crippen LogP contribution is 2.34. The Morgan fingerprint density at radius 3 is 2.38 bits per heavy atom. The molecule has 9 nitrogen and oxygen atoms in total. The Morgan fingerprint density at radius 2 is 1.77 bits per heavy atom. The molecular weight excluding hydrogens is 336 g/mol. The van der Waals surface area contributed by atoms with E-state index in [9.17, 15) is 4.79 Å². The summed E-state index contributed by atoms with van der Waals surface area (Å²) in [4.78, 5) is 24.9. The van der Waals surface area contributed by atoms with E-state index < -0.39 is 0 Å². The summed E-state index contributed by atoms with van der Waals surface area (Å²) in [7, 11) is 3.15. The van der Waals surface area contributed by atoms with Crippen LogP contribution in [0.25, 0.3) is 10.9 Å². The van der Waals surface area contributed by atoms with Crippen molar-refractivity contribution in [2.75, 3.05) is 57.6 Å². The average Bonchev–Trinajstić information content (AvgIpc) is 2.67. The second-order valence-corrected chi connectivity index (χ2v) is 6.04. The molecule has 2 heterocycles. The molecule has 3 rings (SSSR count). The maximum Gasteiger partial charge on any atom is 0.228 e. The number of rotatable bonds is 5. The van der Waals surface area contributed by atoms with Crippen LogP contribution in [-0.4, -0.2) is 67.7 Å². The van der Waals surface area contributed by atoms with Crippen LogP contribution in [0.3, 0.4) is 0 Å². The number of anilines is 2. The molecule has 0 radical (unpaired) electrons. The van der Waals surface area contributed by atoms with E-state index in [0.717, 1.165) is 0 Å². The maximum absolute atomic E-state index is 12.0. The fourth-order valence-corrected chi connectivity index (χ4v) is 3.05. The Hall–Kier alpha value is -2.81. The van der Waals surface area contributed by atoms with Crippen molar-refractivity contribution in [3.63, 3.8) is 0 Å². The lowest BCUT2D eigenvalue weighted by molar-refractivity contribution is -0.131. The molecule has 2 aromatic rings. The number of ether oxygens (including phenoxy) is 2. The van der Waals surface area contributed by atoms with Crippen molar-refractivity contribution >= 4 is 28.6 Å². The average molecular weight is 360 g/mol. The molecule has 26 heavy (non-hydrogen) atoms. The number of benzene rings is 1. The molecule has 1 saturated heterocycles. The molecule has 0 atom stereocenters. The summed E-state index contributed by atoms with van der Waals surface area (Å²) >= 11 is 0. The first-order valence-corrected chi connectivity index (χ1v) is 8.49. The summed E-state index contributed by atoms with van der Waals surface area (Å²) in [6.45, 7) is 2.90. The van der Waals surface area contributed by atoms with Crippen molar-refractivity contribution < 1.29 is 14.3 Å². The van der Waals surface area contributed by atoms with Crippen molar-refractivity contribution in [1.29, 1.82) is 0 Å². The highest BCUT2D eigenvalue weighted by molar-refractivity contribution is 5.91. The fraction of sp³-hybridized carbons (Fsp3) is 0.471. The summed E-state index contributed by atoms with van der Waals surface area (Å²) in [6.07, 6.45) is 0.376. The van der Waals surface area contributed by atoms with Gasteiger partial charge in [0.1, 0.15) is 5.82 Å². The SMILES string of the molecule is COc1cc2nc(N3CCN(C(=O)CCN)CC3)nc(N)c2cc1OC. The van der Waals surface area contributed by atoms with Crippen LogP contribution < -0.4 is 25.8 Å². The number of piperazine rings is 1. The van der Waals surface area contributed by atoms with Crippen molar-refractivity contribution in [3.05, 3.63) is 12.1 Å². The van der Waals surface area contributed by atoms with Crippen molar-refractivity contribution in [2.45, 2.75) is 6.42 Å². The van der Waals surface area contributed by atoms with Gasteiger partial charge in [-0.25, -0.2) is 4.98 Å². The van der Waals surface area contributed by atoms with Gasteiger partial charge in [0.05, 0.1) is 19.7 Å². The number of nitrogens with two attached hydrogens (primary N) is 2. The van der Waals surface area contributed by atoms with E-state index >= 15 is 0 Å². The van der Waals surface area contributed by atoms with E-state index in [2.05, 4.69) is 9.97 Å². The van der Waals surface area contributed by atoms with Gasteiger partial charge in [0.2, 0.25) is 11.9 Å². The first kappa shape index (κ1) is 18.0. The van der Waals surface area contributed by atoms with Crippen molar-refractivity contribution in [3.8, 4) is 11.5 Å². The molecule has 4 N–H and O–H groups in total. The van der Waals surface area contributed by atoms with Gasteiger partial charge in [-0.3, -0.25) is 4.79 Å². The lowest BCUT2D eigenvalue weighted by Gasteiger charge is -2.34. The van der Waals surface area contributed by atoms with Gasteiger partial charge in [-0.15, -0.1) is 0 Å². The van der Waals surface area contributed by atoms with Crippen LogP contribution in [0, 0.1) is 0 Å². The number of aromatic nitrogens is 2. The van der Waals surface area contributed by atoms with Gasteiger partial charge in [0.25, 0.3) is 0 Å². The Balaban J connectivity index is 1.84. The van der Waals surface area contributed by atoms with Gasteiger partial charge in [-0.05, 0) is 6.07 Å². The standard InChI is InChI=1S/C17H24N6O3/c1-25-13-9-11-12(10-14(13)26-2)20-17(21-16(11)19)23-7-5-22(6-8-23)15(24)3-4-18/h9-10H,3-8,18H2,1-2H3,(H2,19,20,21). The monoisotopic (exact) mass is 360 g/mol. The maximum atomic E-state index is 12.0. The first-order valence-electron chi connectivity index (χ1n) is 8.49. The van der Waals surface area contributed by atoms with E-state index in [1.165, 1.54) is 0 Å². The topological polar surface area (TPSA) is 120 Å². The third-order valence-corrected chi connectivity index (χ3v) is 4.49. The normalized spacial score (nSPS) is 14.6. The molecule has 0 unspecified atom stereocenters. The molecule has 1 aromatic carbocycles. The summed E-state index contributed by atoms with van der Waals surface area (Å²) < 4.78 is 10.6. The van der Waals surface area contributed by atoms with Crippen LogP contribution >= 0.6 is 0 Å². The summed E-state index contributed by atoms with van der Waals surface area (Å²) in [6, 6.07) is 3.56. The number of methoxy groups -OCH3 is 2. The Kier molecular flexibility index (Phi) is 5.27. The van der Waals surface area contributed by atoms with E-state index in [0.29, 0.717) is 73.3 Å². The van der Waals surface area contributed by atoms with Crippen LogP contribution in [0.1, 0.15) is 6.42 Å². The number of nitrogens with zero attached hydrogens (tertiary/aromatic N) is 4. The highest BCUT2D eigenvalue weighted by atomic mass is 16.5. The third kappa shape index (κ3) is 3.43. The predicted octanol–water partition coefficient (Wildman–Crippen LogP) is 0.227. The number of nitrogen functional groups attached to an aromatic ring is 1. The quantitative estimate of drug-likeness (QED) is 0.777.